The zero-order valence-corrected chi connectivity index (χ0v) is 20.3. The Morgan fingerprint density at radius 1 is 1.11 bits per heavy atom. The van der Waals surface area contributed by atoms with Crippen molar-refractivity contribution in [1.29, 1.82) is 0 Å². The van der Waals surface area contributed by atoms with Crippen LogP contribution in [0.1, 0.15) is 32.3 Å². The van der Waals surface area contributed by atoms with Crippen molar-refractivity contribution in [2.24, 2.45) is 0 Å². The van der Waals surface area contributed by atoms with Crippen LogP contribution in [0.4, 0.5) is 0 Å². The molecular weight excluding hydrogens is 452 g/mol. The van der Waals surface area contributed by atoms with Crippen LogP contribution in [-0.4, -0.2) is 56.8 Å². The Morgan fingerprint density at radius 3 is 2.54 bits per heavy atom. The van der Waals surface area contributed by atoms with Crippen LogP contribution >= 0.6 is 0 Å². The van der Waals surface area contributed by atoms with E-state index in [0.29, 0.717) is 13.2 Å². The number of hydrogen-bond acceptors (Lipinski definition) is 6. The molecular formula is C24H32N6O5. The zero-order valence-electron chi connectivity index (χ0n) is 20.3. The number of fused-ring (bicyclic) bond motifs is 1. The molecule has 0 saturated carbocycles. The van der Waals surface area contributed by atoms with E-state index >= 15 is 0 Å². The molecule has 1 atom stereocenters. The maximum atomic E-state index is 13.3. The fraction of sp³-hybridized carbons (Fsp3) is 0.458. The molecule has 35 heavy (non-hydrogen) atoms. The van der Waals surface area contributed by atoms with Crippen LogP contribution in [0.2, 0.25) is 0 Å². The van der Waals surface area contributed by atoms with E-state index in [-0.39, 0.29) is 42.6 Å². The van der Waals surface area contributed by atoms with E-state index in [1.165, 1.54) is 10.9 Å². The lowest BCUT2D eigenvalue weighted by molar-refractivity contribution is -0.123. The first-order chi connectivity index (χ1) is 16.8. The van der Waals surface area contributed by atoms with E-state index in [1.54, 1.807) is 11.7 Å². The van der Waals surface area contributed by atoms with Crippen LogP contribution in [0.3, 0.4) is 0 Å². The third-order valence-electron chi connectivity index (χ3n) is 5.70. The lowest BCUT2D eigenvalue weighted by Gasteiger charge is -2.13. The normalized spacial score (nSPS) is 12.0. The molecule has 1 unspecified atom stereocenters. The largest absolute Gasteiger partial charge is 0.383 e. The molecule has 11 heteroatoms. The van der Waals surface area contributed by atoms with Crippen LogP contribution in [0, 0.1) is 0 Å². The minimum Gasteiger partial charge on any atom is -0.383 e. The van der Waals surface area contributed by atoms with Crippen molar-refractivity contribution in [2.75, 3.05) is 20.3 Å². The van der Waals surface area contributed by atoms with Crippen LogP contribution in [-0.2, 0) is 34.0 Å². The van der Waals surface area contributed by atoms with Gasteiger partial charge in [0.15, 0.2) is 11.2 Å². The van der Waals surface area contributed by atoms with Gasteiger partial charge in [0.2, 0.25) is 11.8 Å². The van der Waals surface area contributed by atoms with Gasteiger partial charge in [-0.05, 0) is 18.9 Å². The third kappa shape index (κ3) is 6.44. The van der Waals surface area contributed by atoms with Crippen molar-refractivity contribution in [3.8, 4) is 0 Å². The highest BCUT2D eigenvalue weighted by Gasteiger charge is 2.20. The summed E-state index contributed by atoms with van der Waals surface area (Å²) in [4.78, 5) is 55.4. The Kier molecular flexibility index (Phi) is 8.96. The minimum absolute atomic E-state index is 0.0505. The summed E-state index contributed by atoms with van der Waals surface area (Å²) in [5, 5.41) is 5.44. The second-order valence-corrected chi connectivity index (χ2v) is 8.33. The van der Waals surface area contributed by atoms with Gasteiger partial charge in [-0.15, -0.1) is 0 Å². The average molecular weight is 485 g/mol. The Morgan fingerprint density at radius 2 is 1.86 bits per heavy atom. The monoisotopic (exact) mass is 484 g/mol. The highest BCUT2D eigenvalue weighted by molar-refractivity contribution is 5.79. The van der Waals surface area contributed by atoms with E-state index in [1.807, 2.05) is 44.2 Å². The predicted octanol–water partition coefficient (Wildman–Crippen LogP) is 0.475. The summed E-state index contributed by atoms with van der Waals surface area (Å²) in [6.07, 6.45) is 2.40. The number of aromatic nitrogens is 4. The van der Waals surface area contributed by atoms with Gasteiger partial charge < -0.3 is 19.9 Å². The van der Waals surface area contributed by atoms with Crippen molar-refractivity contribution < 1.29 is 14.3 Å². The molecule has 0 aliphatic heterocycles. The molecule has 1 aromatic carbocycles. The summed E-state index contributed by atoms with van der Waals surface area (Å²) in [7, 11) is 1.55. The number of rotatable bonds is 12. The van der Waals surface area contributed by atoms with E-state index < -0.39 is 23.7 Å². The quantitative estimate of drug-likeness (QED) is 0.385. The second kappa shape index (κ2) is 12.1. The van der Waals surface area contributed by atoms with Gasteiger partial charge in [0.1, 0.15) is 6.54 Å². The number of methoxy groups -OCH3 is 1. The highest BCUT2D eigenvalue weighted by atomic mass is 16.5. The number of nitrogens with zero attached hydrogens (tertiary/aromatic N) is 4. The van der Waals surface area contributed by atoms with Gasteiger partial charge >= 0.3 is 5.69 Å². The number of carbonyl (C=O) groups is 2. The molecule has 0 saturated heterocycles. The molecule has 0 aliphatic rings. The molecule has 2 N–H and O–H groups in total. The molecule has 2 aromatic heterocycles. The van der Waals surface area contributed by atoms with Crippen LogP contribution < -0.4 is 21.9 Å². The number of amides is 2. The molecule has 0 spiro atoms. The highest BCUT2D eigenvalue weighted by Crippen LogP contribution is 2.10. The molecule has 3 aromatic rings. The Balaban J connectivity index is 1.88. The first-order valence-electron chi connectivity index (χ1n) is 11.6. The van der Waals surface area contributed by atoms with Crippen LogP contribution in [0.15, 0.2) is 46.2 Å². The van der Waals surface area contributed by atoms with E-state index in [4.69, 9.17) is 4.74 Å². The van der Waals surface area contributed by atoms with Crippen molar-refractivity contribution in [2.45, 2.75) is 52.4 Å². The smallest absolute Gasteiger partial charge is 0.333 e. The third-order valence-corrected chi connectivity index (χ3v) is 5.70. The molecule has 11 nitrogen and oxygen atoms in total. The van der Waals surface area contributed by atoms with E-state index in [0.717, 1.165) is 16.6 Å². The maximum Gasteiger partial charge on any atom is 0.333 e. The SMILES string of the molecule is CCC(C)NC(=O)CCNC(=O)Cn1c(=O)c2c(ncn2CCOC)n(Cc2ccccc2)c1=O. The zero-order chi connectivity index (χ0) is 25.4. The Bertz CT molecular complexity index is 1280. The number of imidazole rings is 1. The summed E-state index contributed by atoms with van der Waals surface area (Å²) < 4.78 is 9.04. The van der Waals surface area contributed by atoms with E-state index in [9.17, 15) is 19.2 Å². The van der Waals surface area contributed by atoms with Gasteiger partial charge in [-0.3, -0.25) is 19.0 Å². The van der Waals surface area contributed by atoms with Gasteiger partial charge in [0, 0.05) is 32.7 Å². The molecule has 188 valence electrons. The van der Waals surface area contributed by atoms with Crippen LogP contribution in [0.5, 0.6) is 0 Å². The maximum absolute atomic E-state index is 13.3. The van der Waals surface area contributed by atoms with Crippen molar-refractivity contribution >= 4 is 23.0 Å². The summed E-state index contributed by atoms with van der Waals surface area (Å²) in [5.41, 5.74) is 0.0848. The van der Waals surface area contributed by atoms with E-state index in [2.05, 4.69) is 15.6 Å². The average Bonchev–Trinajstić information content (AvgIpc) is 3.27. The first-order valence-corrected chi connectivity index (χ1v) is 11.6. The number of nitrogens with one attached hydrogen (secondary N) is 2. The van der Waals surface area contributed by atoms with Gasteiger partial charge in [0.05, 0.1) is 19.5 Å². The molecule has 0 radical (unpaired) electrons. The van der Waals surface area contributed by atoms with Gasteiger partial charge in [-0.2, -0.15) is 0 Å². The summed E-state index contributed by atoms with van der Waals surface area (Å²) >= 11 is 0. The van der Waals surface area contributed by atoms with Gasteiger partial charge in [-0.25, -0.2) is 14.3 Å². The number of carbonyl (C=O) groups excluding carboxylic acids is 2. The molecule has 3 rings (SSSR count). The van der Waals surface area contributed by atoms with Gasteiger partial charge in [-0.1, -0.05) is 37.3 Å². The molecule has 2 heterocycles. The number of benzene rings is 1. The molecule has 2 amide bonds. The molecule has 0 fully saturated rings. The summed E-state index contributed by atoms with van der Waals surface area (Å²) in [6.45, 7) is 4.40. The van der Waals surface area contributed by atoms with Crippen molar-refractivity contribution in [1.82, 2.24) is 29.3 Å². The fourth-order valence-electron chi connectivity index (χ4n) is 3.61. The van der Waals surface area contributed by atoms with Crippen LogP contribution in [0.25, 0.3) is 11.2 Å². The predicted molar refractivity (Wildman–Crippen MR) is 131 cm³/mol. The fourth-order valence-corrected chi connectivity index (χ4v) is 3.61. The molecule has 0 bridgehead atoms. The second-order valence-electron chi connectivity index (χ2n) is 8.33. The standard InChI is InChI=1S/C24H32N6O5/c1-4-17(2)27-19(31)10-11-25-20(32)15-30-23(33)21-22(26-16-28(21)12-13-35-3)29(24(30)34)14-18-8-6-5-7-9-18/h5-9,16-17H,4,10-15H2,1-3H3,(H,25,32)(H,27,31). The Hall–Kier alpha value is -3.73. The first kappa shape index (κ1) is 25.9. The Labute approximate surface area is 202 Å². The lowest BCUT2D eigenvalue weighted by Crippen LogP contribution is -2.45. The minimum atomic E-state index is -0.631. The molecule has 0 aliphatic carbocycles. The van der Waals surface area contributed by atoms with Crippen molar-refractivity contribution in [3.63, 3.8) is 0 Å². The topological polar surface area (TPSA) is 129 Å². The lowest BCUT2D eigenvalue weighted by atomic mass is 10.2. The number of hydrogen-bond donors (Lipinski definition) is 2. The summed E-state index contributed by atoms with van der Waals surface area (Å²) in [5.74, 6) is -0.709. The van der Waals surface area contributed by atoms with Crippen molar-refractivity contribution in [3.05, 3.63) is 63.1 Å². The summed E-state index contributed by atoms with van der Waals surface area (Å²) in [6, 6.07) is 9.37. The number of ether oxygens (including phenoxy) is 1. The van der Waals surface area contributed by atoms with Gasteiger partial charge in [0.25, 0.3) is 5.56 Å².